The van der Waals surface area contributed by atoms with Crippen LogP contribution in [0.15, 0.2) is 18.3 Å². The summed E-state index contributed by atoms with van der Waals surface area (Å²) >= 11 is 6.39. The van der Waals surface area contributed by atoms with E-state index in [4.69, 9.17) is 16.7 Å². The molecule has 124 valence electrons. The average Bonchev–Trinajstić information content (AvgIpc) is 3.24. The molecular formula is C18H20ClN5. The van der Waals surface area contributed by atoms with Gasteiger partial charge in [-0.25, -0.2) is 4.98 Å². The highest BCUT2D eigenvalue weighted by molar-refractivity contribution is 6.36. The molecule has 0 aliphatic carbocycles. The van der Waals surface area contributed by atoms with Crippen LogP contribution in [0.1, 0.15) is 30.7 Å². The molecule has 5 heterocycles. The van der Waals surface area contributed by atoms with Crippen molar-refractivity contribution in [2.24, 2.45) is 0 Å². The molecular weight excluding hydrogens is 322 g/mol. The first kappa shape index (κ1) is 14.5. The highest BCUT2D eigenvalue weighted by atomic mass is 35.5. The molecule has 2 aliphatic heterocycles. The fraction of sp³-hybridized carbons (Fsp3) is 0.444. The van der Waals surface area contributed by atoms with E-state index >= 15 is 0 Å². The number of aromatic nitrogens is 4. The van der Waals surface area contributed by atoms with E-state index < -0.39 is 0 Å². The summed E-state index contributed by atoms with van der Waals surface area (Å²) in [7, 11) is 0. The van der Waals surface area contributed by atoms with Gasteiger partial charge in [0, 0.05) is 40.5 Å². The number of aryl methyl sites for hydroxylation is 2. The molecule has 2 aliphatic rings. The Morgan fingerprint density at radius 3 is 2.88 bits per heavy atom. The Labute approximate surface area is 145 Å². The predicted octanol–water partition coefficient (Wildman–Crippen LogP) is 3.41. The largest absolute Gasteiger partial charge is 0.342 e. The van der Waals surface area contributed by atoms with Gasteiger partial charge in [-0.2, -0.15) is 5.10 Å². The lowest BCUT2D eigenvalue weighted by Gasteiger charge is -2.33. The number of fused-ring (bicyclic) bond motifs is 3. The lowest BCUT2D eigenvalue weighted by atomic mass is 9.75. The molecule has 0 aromatic carbocycles. The van der Waals surface area contributed by atoms with Crippen LogP contribution in [0.5, 0.6) is 0 Å². The number of aromatic amines is 1. The van der Waals surface area contributed by atoms with Gasteiger partial charge in [0.15, 0.2) is 0 Å². The van der Waals surface area contributed by atoms with Gasteiger partial charge in [0.1, 0.15) is 5.65 Å². The molecule has 3 aromatic heterocycles. The number of halogens is 1. The van der Waals surface area contributed by atoms with E-state index in [1.54, 1.807) is 0 Å². The highest BCUT2D eigenvalue weighted by Gasteiger charge is 2.41. The van der Waals surface area contributed by atoms with Crippen LogP contribution in [0.4, 0.5) is 0 Å². The predicted molar refractivity (Wildman–Crippen MR) is 95.5 cm³/mol. The maximum absolute atomic E-state index is 6.39. The van der Waals surface area contributed by atoms with E-state index in [1.807, 2.05) is 13.1 Å². The molecule has 5 rings (SSSR count). The third kappa shape index (κ3) is 1.98. The summed E-state index contributed by atoms with van der Waals surface area (Å²) in [5, 5.41) is 10.1. The Bertz CT molecular complexity index is 932. The summed E-state index contributed by atoms with van der Waals surface area (Å²) in [6.45, 7) is 5.20. The van der Waals surface area contributed by atoms with Gasteiger partial charge in [0.25, 0.3) is 0 Å². The van der Waals surface area contributed by atoms with Crippen LogP contribution in [-0.2, 0) is 12.0 Å². The van der Waals surface area contributed by atoms with Crippen molar-refractivity contribution in [2.45, 2.75) is 38.1 Å². The maximum atomic E-state index is 6.39. The molecule has 0 radical (unpaired) electrons. The number of pyridine rings is 1. The van der Waals surface area contributed by atoms with E-state index in [2.05, 4.69) is 32.1 Å². The minimum atomic E-state index is 0.316. The van der Waals surface area contributed by atoms with E-state index in [0.29, 0.717) is 5.41 Å². The molecule has 0 amide bonds. The van der Waals surface area contributed by atoms with Crippen molar-refractivity contribution in [3.63, 3.8) is 0 Å². The number of H-pyrrole nitrogens is 1. The van der Waals surface area contributed by atoms with Gasteiger partial charge in [-0.15, -0.1) is 0 Å². The molecule has 0 unspecified atom stereocenters. The van der Waals surface area contributed by atoms with Crippen molar-refractivity contribution < 1.29 is 0 Å². The third-order valence-electron chi connectivity index (χ3n) is 5.74. The number of hydrogen-bond acceptors (Lipinski definition) is 3. The molecule has 2 N–H and O–H groups in total. The zero-order valence-electron chi connectivity index (χ0n) is 13.7. The minimum Gasteiger partial charge on any atom is -0.342 e. The number of nitrogens with one attached hydrogen (secondary N) is 2. The number of hydrogen-bond donors (Lipinski definition) is 2. The Balaban J connectivity index is 1.59. The Morgan fingerprint density at radius 1 is 1.21 bits per heavy atom. The molecule has 1 saturated heterocycles. The van der Waals surface area contributed by atoms with Crippen LogP contribution < -0.4 is 5.32 Å². The molecule has 1 spiro atoms. The normalized spacial score (nSPS) is 19.2. The molecule has 0 saturated carbocycles. The van der Waals surface area contributed by atoms with Gasteiger partial charge < -0.3 is 10.3 Å². The minimum absolute atomic E-state index is 0.316. The summed E-state index contributed by atoms with van der Waals surface area (Å²) < 4.78 is 2.20. The fourth-order valence-corrected chi connectivity index (χ4v) is 4.51. The van der Waals surface area contributed by atoms with Crippen LogP contribution in [0.25, 0.3) is 22.3 Å². The summed E-state index contributed by atoms with van der Waals surface area (Å²) in [6, 6.07) is 4.37. The standard InChI is InChI=1S/C18H20ClN5/c1-11-16(19)13-8-12(10-21-17(13)22-11)14-9-15-18(2-5-20-6-3-18)4-7-24(15)23-14/h8-10,20H,2-7H2,1H3,(H,21,22). The van der Waals surface area contributed by atoms with Crippen LogP contribution in [-0.4, -0.2) is 32.8 Å². The van der Waals surface area contributed by atoms with Gasteiger partial charge in [-0.3, -0.25) is 4.68 Å². The summed E-state index contributed by atoms with van der Waals surface area (Å²) in [6.07, 6.45) is 5.52. The first-order chi connectivity index (χ1) is 11.7. The van der Waals surface area contributed by atoms with Crippen LogP contribution in [0.3, 0.4) is 0 Å². The van der Waals surface area contributed by atoms with E-state index in [1.165, 1.54) is 25.0 Å². The van der Waals surface area contributed by atoms with Crippen molar-refractivity contribution in [3.05, 3.63) is 34.7 Å². The average molecular weight is 342 g/mol. The second-order valence-electron chi connectivity index (χ2n) is 7.10. The lowest BCUT2D eigenvalue weighted by molar-refractivity contribution is 0.307. The van der Waals surface area contributed by atoms with Crippen molar-refractivity contribution in [2.75, 3.05) is 13.1 Å². The smallest absolute Gasteiger partial charge is 0.139 e. The topological polar surface area (TPSA) is 58.5 Å². The van der Waals surface area contributed by atoms with E-state index in [-0.39, 0.29) is 0 Å². The molecule has 3 aromatic rings. The van der Waals surface area contributed by atoms with Crippen LogP contribution in [0, 0.1) is 6.92 Å². The fourth-order valence-electron chi connectivity index (χ4n) is 4.32. The van der Waals surface area contributed by atoms with Gasteiger partial charge in [0.05, 0.1) is 10.7 Å². The summed E-state index contributed by atoms with van der Waals surface area (Å²) in [5.74, 6) is 0. The molecule has 0 bridgehead atoms. The molecule has 0 atom stereocenters. The first-order valence-electron chi connectivity index (χ1n) is 8.60. The van der Waals surface area contributed by atoms with E-state index in [9.17, 15) is 0 Å². The van der Waals surface area contributed by atoms with Crippen molar-refractivity contribution in [3.8, 4) is 11.3 Å². The van der Waals surface area contributed by atoms with Gasteiger partial charge >= 0.3 is 0 Å². The maximum Gasteiger partial charge on any atom is 0.139 e. The molecule has 6 heteroatoms. The second-order valence-corrected chi connectivity index (χ2v) is 7.48. The Kier molecular flexibility index (Phi) is 3.06. The second kappa shape index (κ2) is 5.07. The molecule has 24 heavy (non-hydrogen) atoms. The van der Waals surface area contributed by atoms with Crippen LogP contribution >= 0.6 is 11.6 Å². The SMILES string of the molecule is Cc1[nH]c2ncc(-c3cc4n(n3)CCC43CCNCC3)cc2c1Cl. The zero-order chi connectivity index (χ0) is 16.3. The number of rotatable bonds is 1. The summed E-state index contributed by atoms with van der Waals surface area (Å²) in [5.41, 5.74) is 5.55. The number of nitrogens with zero attached hydrogens (tertiary/aromatic N) is 3. The van der Waals surface area contributed by atoms with Crippen molar-refractivity contribution >= 4 is 22.6 Å². The van der Waals surface area contributed by atoms with Crippen LogP contribution in [0.2, 0.25) is 5.02 Å². The number of piperidine rings is 1. The van der Waals surface area contributed by atoms with Gasteiger partial charge in [-0.1, -0.05) is 11.6 Å². The van der Waals surface area contributed by atoms with Gasteiger partial charge in [-0.05, 0) is 51.4 Å². The first-order valence-corrected chi connectivity index (χ1v) is 8.97. The lowest BCUT2D eigenvalue weighted by Crippen LogP contribution is -2.38. The Hall–Kier alpha value is -1.85. The Morgan fingerprint density at radius 2 is 2.04 bits per heavy atom. The van der Waals surface area contributed by atoms with E-state index in [0.717, 1.165) is 52.6 Å². The molecule has 5 nitrogen and oxygen atoms in total. The molecule has 1 fully saturated rings. The van der Waals surface area contributed by atoms with Crippen molar-refractivity contribution in [1.82, 2.24) is 25.1 Å². The monoisotopic (exact) mass is 341 g/mol. The highest BCUT2D eigenvalue weighted by Crippen LogP contribution is 2.43. The zero-order valence-corrected chi connectivity index (χ0v) is 14.5. The summed E-state index contributed by atoms with van der Waals surface area (Å²) in [4.78, 5) is 7.74. The third-order valence-corrected chi connectivity index (χ3v) is 6.23. The quantitative estimate of drug-likeness (QED) is 0.713. The van der Waals surface area contributed by atoms with Crippen molar-refractivity contribution in [1.29, 1.82) is 0 Å². The van der Waals surface area contributed by atoms with Gasteiger partial charge in [0.2, 0.25) is 0 Å².